The van der Waals surface area contributed by atoms with Crippen LogP contribution in [-0.4, -0.2) is 48.8 Å². The van der Waals surface area contributed by atoms with Crippen molar-refractivity contribution in [3.8, 4) is 0 Å². The number of benzene rings is 2. The third-order valence-electron chi connectivity index (χ3n) is 5.34. The number of carbonyl (C=O) groups excluding carboxylic acids is 2. The second-order valence-corrected chi connectivity index (χ2v) is 9.02. The van der Waals surface area contributed by atoms with Crippen molar-refractivity contribution in [3.05, 3.63) is 48.0 Å². The molecule has 0 heterocycles. The number of hydrogen-bond donors (Lipinski definition) is 1. The monoisotopic (exact) mass is 428 g/mol. The molecule has 2 unspecified atom stereocenters. The quantitative estimate of drug-likeness (QED) is 0.584. The number of fused-ring (bicyclic) bond motifs is 1. The van der Waals surface area contributed by atoms with Gasteiger partial charge in [0.15, 0.2) is 0 Å². The number of ether oxygens (including phenoxy) is 2. The lowest BCUT2D eigenvalue weighted by molar-refractivity contribution is -0.142. The van der Waals surface area contributed by atoms with Crippen LogP contribution in [0.4, 0.5) is 4.79 Å². The molecular formula is C25H36N2O4. The summed E-state index contributed by atoms with van der Waals surface area (Å²) in [6.07, 6.45) is 0.446. The topological polar surface area (TPSA) is 67.9 Å². The minimum Gasteiger partial charge on any atom is -0.468 e. The van der Waals surface area contributed by atoms with Crippen LogP contribution >= 0.6 is 0 Å². The maximum Gasteiger partial charge on any atom is 0.407 e. The Morgan fingerprint density at radius 2 is 1.77 bits per heavy atom. The van der Waals surface area contributed by atoms with Crippen LogP contribution in [0.5, 0.6) is 0 Å². The molecule has 0 saturated carbocycles. The van der Waals surface area contributed by atoms with Crippen molar-refractivity contribution in [2.24, 2.45) is 5.92 Å². The highest BCUT2D eigenvalue weighted by Crippen LogP contribution is 2.21. The summed E-state index contributed by atoms with van der Waals surface area (Å²) >= 11 is 0. The lowest BCUT2D eigenvalue weighted by Gasteiger charge is -2.31. The van der Waals surface area contributed by atoms with Crippen LogP contribution in [0.2, 0.25) is 0 Å². The Morgan fingerprint density at radius 1 is 1.10 bits per heavy atom. The van der Waals surface area contributed by atoms with E-state index in [9.17, 15) is 9.59 Å². The Bertz CT molecular complexity index is 870. The molecule has 0 aliphatic rings. The number of alkyl carbamates (subject to hydrolysis) is 1. The highest BCUT2D eigenvalue weighted by atomic mass is 16.6. The van der Waals surface area contributed by atoms with Crippen molar-refractivity contribution in [1.29, 1.82) is 0 Å². The molecule has 0 bridgehead atoms. The SMILES string of the molecule is CCC(C)C(CN(CC(=O)OC)Cc1cccc2ccccc12)NC(=O)OC(C)(C)C. The van der Waals surface area contributed by atoms with Gasteiger partial charge in [0.1, 0.15) is 5.60 Å². The number of rotatable bonds is 9. The molecule has 0 radical (unpaired) electrons. The zero-order chi connectivity index (χ0) is 23.0. The fourth-order valence-corrected chi connectivity index (χ4v) is 3.49. The average molecular weight is 429 g/mol. The van der Waals surface area contributed by atoms with Gasteiger partial charge < -0.3 is 14.8 Å². The van der Waals surface area contributed by atoms with Crippen LogP contribution in [0.3, 0.4) is 0 Å². The van der Waals surface area contributed by atoms with Crippen LogP contribution < -0.4 is 5.32 Å². The summed E-state index contributed by atoms with van der Waals surface area (Å²) in [6.45, 7) is 10.9. The van der Waals surface area contributed by atoms with E-state index >= 15 is 0 Å². The molecule has 1 amide bonds. The minimum atomic E-state index is -0.571. The lowest BCUT2D eigenvalue weighted by Crippen LogP contribution is -2.49. The number of amides is 1. The Balaban J connectivity index is 2.25. The Labute approximate surface area is 185 Å². The molecule has 2 aromatic rings. The molecule has 0 aromatic heterocycles. The molecule has 1 N–H and O–H groups in total. The summed E-state index contributed by atoms with van der Waals surface area (Å²) in [4.78, 5) is 26.6. The predicted molar refractivity (Wildman–Crippen MR) is 124 cm³/mol. The van der Waals surface area contributed by atoms with Gasteiger partial charge >= 0.3 is 12.1 Å². The molecule has 0 aliphatic carbocycles. The molecule has 2 rings (SSSR count). The summed E-state index contributed by atoms with van der Waals surface area (Å²) in [5, 5.41) is 5.32. The van der Waals surface area contributed by atoms with Gasteiger partial charge in [-0.15, -0.1) is 0 Å². The number of hydrogen-bond acceptors (Lipinski definition) is 5. The van der Waals surface area contributed by atoms with E-state index in [1.165, 1.54) is 7.11 Å². The zero-order valence-electron chi connectivity index (χ0n) is 19.6. The second kappa shape index (κ2) is 11.1. The maximum absolute atomic E-state index is 12.4. The first-order valence-corrected chi connectivity index (χ1v) is 10.9. The van der Waals surface area contributed by atoms with Gasteiger partial charge in [0, 0.05) is 19.1 Å². The summed E-state index contributed by atoms with van der Waals surface area (Å²) in [6, 6.07) is 14.2. The number of carbonyl (C=O) groups is 2. The largest absolute Gasteiger partial charge is 0.468 e. The molecule has 0 spiro atoms. The maximum atomic E-state index is 12.4. The zero-order valence-corrected chi connectivity index (χ0v) is 19.6. The van der Waals surface area contributed by atoms with E-state index in [0.29, 0.717) is 13.1 Å². The van der Waals surface area contributed by atoms with E-state index in [4.69, 9.17) is 9.47 Å². The molecule has 0 fully saturated rings. The Hall–Kier alpha value is -2.60. The normalized spacial score (nSPS) is 13.6. The fraction of sp³-hybridized carbons (Fsp3) is 0.520. The summed E-state index contributed by atoms with van der Waals surface area (Å²) in [5.74, 6) is -0.0967. The van der Waals surface area contributed by atoms with Crippen molar-refractivity contribution in [3.63, 3.8) is 0 Å². The Morgan fingerprint density at radius 3 is 2.42 bits per heavy atom. The first kappa shape index (κ1) is 24.7. The first-order valence-electron chi connectivity index (χ1n) is 10.9. The molecule has 6 heteroatoms. The van der Waals surface area contributed by atoms with Gasteiger partial charge in [0.2, 0.25) is 0 Å². The third-order valence-corrected chi connectivity index (χ3v) is 5.34. The second-order valence-electron chi connectivity index (χ2n) is 9.02. The molecule has 2 atom stereocenters. The lowest BCUT2D eigenvalue weighted by atomic mass is 9.98. The molecule has 31 heavy (non-hydrogen) atoms. The third kappa shape index (κ3) is 7.87. The summed E-state index contributed by atoms with van der Waals surface area (Å²) in [5.41, 5.74) is 0.556. The fourth-order valence-electron chi connectivity index (χ4n) is 3.49. The van der Waals surface area contributed by atoms with Gasteiger partial charge in [-0.05, 0) is 43.0 Å². The summed E-state index contributed by atoms with van der Waals surface area (Å²) in [7, 11) is 1.39. The van der Waals surface area contributed by atoms with Crippen molar-refractivity contribution in [2.45, 2.75) is 59.2 Å². The first-order chi connectivity index (χ1) is 14.6. The van der Waals surface area contributed by atoms with Crippen LogP contribution in [-0.2, 0) is 20.8 Å². The molecule has 0 saturated heterocycles. The van der Waals surface area contributed by atoms with E-state index < -0.39 is 11.7 Å². The molecule has 0 aliphatic heterocycles. The van der Waals surface area contributed by atoms with E-state index in [-0.39, 0.29) is 24.5 Å². The highest BCUT2D eigenvalue weighted by molar-refractivity contribution is 5.85. The Kier molecular flexibility index (Phi) is 8.87. The molecular weight excluding hydrogens is 392 g/mol. The van der Waals surface area contributed by atoms with Crippen LogP contribution in [0.25, 0.3) is 10.8 Å². The number of nitrogens with one attached hydrogen (secondary N) is 1. The molecule has 6 nitrogen and oxygen atoms in total. The van der Waals surface area contributed by atoms with Gasteiger partial charge in [-0.2, -0.15) is 0 Å². The van der Waals surface area contributed by atoms with Gasteiger partial charge in [0.25, 0.3) is 0 Å². The highest BCUT2D eigenvalue weighted by Gasteiger charge is 2.26. The van der Waals surface area contributed by atoms with Gasteiger partial charge in [-0.1, -0.05) is 62.7 Å². The van der Waals surface area contributed by atoms with Crippen molar-refractivity contribution in [1.82, 2.24) is 10.2 Å². The van der Waals surface area contributed by atoms with Gasteiger partial charge in [-0.25, -0.2) is 4.79 Å². The standard InChI is InChI=1S/C25H36N2O4/c1-7-18(2)22(26-24(29)31-25(3,4)5)16-27(17-23(28)30-6)15-20-13-10-12-19-11-8-9-14-21(19)20/h8-14,18,22H,7,15-17H2,1-6H3,(H,26,29). The van der Waals surface area contributed by atoms with Crippen molar-refractivity contribution in [2.75, 3.05) is 20.2 Å². The number of methoxy groups -OCH3 is 1. The van der Waals surface area contributed by atoms with E-state index in [0.717, 1.165) is 22.8 Å². The molecule has 170 valence electrons. The van der Waals surface area contributed by atoms with E-state index in [1.807, 2.05) is 43.9 Å². The van der Waals surface area contributed by atoms with Crippen molar-refractivity contribution < 1.29 is 19.1 Å². The van der Waals surface area contributed by atoms with E-state index in [1.54, 1.807) is 0 Å². The van der Waals surface area contributed by atoms with Crippen LogP contribution in [0.15, 0.2) is 42.5 Å². The van der Waals surface area contributed by atoms with E-state index in [2.05, 4.69) is 43.4 Å². The van der Waals surface area contributed by atoms with Gasteiger partial charge in [-0.3, -0.25) is 9.69 Å². The molecule has 2 aromatic carbocycles. The van der Waals surface area contributed by atoms with Gasteiger partial charge in [0.05, 0.1) is 13.7 Å². The van der Waals surface area contributed by atoms with Crippen molar-refractivity contribution >= 4 is 22.8 Å². The number of esters is 1. The minimum absolute atomic E-state index is 0.142. The average Bonchev–Trinajstić information content (AvgIpc) is 2.71. The smallest absolute Gasteiger partial charge is 0.407 e. The van der Waals surface area contributed by atoms with Crippen LogP contribution in [0, 0.1) is 5.92 Å². The van der Waals surface area contributed by atoms with Crippen LogP contribution in [0.1, 0.15) is 46.6 Å². The predicted octanol–water partition coefficient (Wildman–Crippen LogP) is 4.75. The summed E-state index contributed by atoms with van der Waals surface area (Å²) < 4.78 is 10.4. The number of nitrogens with zero attached hydrogens (tertiary/aromatic N) is 1.